The van der Waals surface area contributed by atoms with Crippen LogP contribution in [-0.4, -0.2) is 50.5 Å². The zero-order chi connectivity index (χ0) is 20.6. The molecule has 1 aromatic carbocycles. The van der Waals surface area contributed by atoms with Crippen molar-refractivity contribution in [2.24, 2.45) is 5.92 Å². The Bertz CT molecular complexity index is 797. The fourth-order valence-corrected chi connectivity index (χ4v) is 2.83. The smallest absolute Gasteiger partial charge is 0.334 e. The lowest BCUT2D eigenvalue weighted by Gasteiger charge is -2.15. The molecule has 11 heteroatoms. The Labute approximate surface area is 169 Å². The van der Waals surface area contributed by atoms with Gasteiger partial charge >= 0.3 is 5.97 Å². The van der Waals surface area contributed by atoms with E-state index in [1.807, 2.05) is 0 Å². The Morgan fingerprint density at radius 2 is 1.79 bits per heavy atom. The van der Waals surface area contributed by atoms with Gasteiger partial charge in [0.15, 0.2) is 6.10 Å². The number of carbonyl (C=O) groups is 3. The molecule has 2 N–H and O–H groups in total. The summed E-state index contributed by atoms with van der Waals surface area (Å²) in [5.41, 5.74) is -0.0901. The van der Waals surface area contributed by atoms with Gasteiger partial charge in [-0.2, -0.15) is 8.42 Å². The van der Waals surface area contributed by atoms with Crippen LogP contribution in [0.4, 0.5) is 10.4 Å². The second kappa shape index (κ2) is 13.0. The molecule has 0 fully saturated rings. The molecule has 0 aliphatic rings. The summed E-state index contributed by atoms with van der Waals surface area (Å²) < 4.78 is 41.7. The molecule has 0 aliphatic carbocycles. The minimum Gasteiger partial charge on any atom is -0.464 e. The van der Waals surface area contributed by atoms with E-state index in [0.29, 0.717) is 0 Å². The van der Waals surface area contributed by atoms with E-state index in [-0.39, 0.29) is 43.1 Å². The first-order valence-electron chi connectivity index (χ1n) is 8.12. The van der Waals surface area contributed by atoms with Crippen LogP contribution in [0.2, 0.25) is 0 Å². The summed E-state index contributed by atoms with van der Waals surface area (Å²) in [6, 6.07) is 5.34. The quantitative estimate of drug-likeness (QED) is 0.420. The summed E-state index contributed by atoms with van der Waals surface area (Å²) in [4.78, 5) is 35.0. The van der Waals surface area contributed by atoms with E-state index >= 15 is 0 Å². The summed E-state index contributed by atoms with van der Waals surface area (Å²) >= 11 is 0. The third kappa shape index (κ3) is 9.59. The molecule has 0 bridgehead atoms. The zero-order valence-electron chi connectivity index (χ0n) is 15.7. The first-order chi connectivity index (χ1) is 12.6. The molecule has 0 radical (unpaired) electrons. The predicted molar refractivity (Wildman–Crippen MR) is 105 cm³/mol. The molecule has 0 saturated carbocycles. The van der Waals surface area contributed by atoms with Gasteiger partial charge in [0.25, 0.3) is 10.1 Å². The highest BCUT2D eigenvalue weighted by molar-refractivity contribution is 7.86. The Balaban J connectivity index is 0. The number of methoxy groups -OCH3 is 1. The van der Waals surface area contributed by atoms with Gasteiger partial charge in [-0.3, -0.25) is 18.8 Å². The van der Waals surface area contributed by atoms with Crippen molar-refractivity contribution in [3.05, 3.63) is 24.3 Å². The molecule has 1 amide bonds. The normalized spacial score (nSPS) is 12.6. The maximum Gasteiger partial charge on any atom is 0.334 e. The highest BCUT2D eigenvalue weighted by Gasteiger charge is 2.22. The van der Waals surface area contributed by atoms with Gasteiger partial charge < -0.3 is 14.8 Å². The SMILES string of the molecule is C.COC(C)C(=O)OCCC(CC(=O)Nc1ccccc1S(=O)(=O)O)C(C)=O.F. The van der Waals surface area contributed by atoms with Crippen LogP contribution in [0.5, 0.6) is 0 Å². The number of ether oxygens (including phenoxy) is 2. The molecule has 1 rings (SSSR count). The average molecular weight is 437 g/mol. The number of ketones is 1. The molecule has 166 valence electrons. The Hall–Kier alpha value is -2.37. The first kappa shape index (κ1) is 28.8. The average Bonchev–Trinajstić information content (AvgIpc) is 2.59. The molecule has 9 nitrogen and oxygen atoms in total. The van der Waals surface area contributed by atoms with Crippen LogP contribution in [0, 0.1) is 5.92 Å². The van der Waals surface area contributed by atoms with Gasteiger partial charge in [0.05, 0.1) is 12.3 Å². The number of carbonyl (C=O) groups excluding carboxylic acids is 3. The maximum absolute atomic E-state index is 12.2. The number of Topliss-reactive ketones (excluding diaryl/α,β-unsaturated/α-hetero) is 1. The number of benzene rings is 1. The highest BCUT2D eigenvalue weighted by Crippen LogP contribution is 2.21. The Kier molecular flexibility index (Phi) is 12.9. The molecule has 2 atom stereocenters. The van der Waals surface area contributed by atoms with Gasteiger partial charge in [0.1, 0.15) is 10.7 Å². The molecule has 0 saturated heterocycles. The Morgan fingerprint density at radius 3 is 2.31 bits per heavy atom. The van der Waals surface area contributed by atoms with Crippen LogP contribution in [-0.2, 0) is 34.0 Å². The molecule has 0 heterocycles. The molecular weight excluding hydrogens is 409 g/mol. The van der Waals surface area contributed by atoms with Gasteiger partial charge in [-0.05, 0) is 32.4 Å². The maximum atomic E-state index is 12.2. The topological polar surface area (TPSA) is 136 Å². The third-order valence-electron chi connectivity index (χ3n) is 3.84. The van der Waals surface area contributed by atoms with E-state index in [4.69, 9.17) is 9.47 Å². The minimum absolute atomic E-state index is 0. The summed E-state index contributed by atoms with van der Waals surface area (Å²) in [6.45, 7) is 2.76. The van der Waals surface area contributed by atoms with Gasteiger partial charge in [-0.15, -0.1) is 0 Å². The van der Waals surface area contributed by atoms with E-state index in [0.717, 1.165) is 6.07 Å². The lowest BCUT2D eigenvalue weighted by molar-refractivity contribution is -0.155. The van der Waals surface area contributed by atoms with Gasteiger partial charge in [0, 0.05) is 19.4 Å². The first-order valence-corrected chi connectivity index (χ1v) is 9.56. The van der Waals surface area contributed by atoms with Gasteiger partial charge in [-0.1, -0.05) is 19.6 Å². The second-order valence-corrected chi connectivity index (χ2v) is 7.26. The molecule has 1 aromatic rings. The third-order valence-corrected chi connectivity index (χ3v) is 4.75. The van der Waals surface area contributed by atoms with Crippen LogP contribution in [0.1, 0.15) is 34.1 Å². The van der Waals surface area contributed by atoms with E-state index in [9.17, 15) is 27.4 Å². The van der Waals surface area contributed by atoms with Crippen LogP contribution < -0.4 is 5.32 Å². The Morgan fingerprint density at radius 1 is 1.21 bits per heavy atom. The minimum atomic E-state index is -4.51. The standard InChI is InChI=1S/C17H23NO8S.CH4.FH/c1-11(19)13(8-9-26-17(21)12(2)25-3)10-16(20)18-14-6-4-5-7-15(14)27(22,23)24;;/h4-7,12-13H,8-10H2,1-3H3,(H,18,20)(H,22,23,24);1H4;1H. The van der Waals surface area contributed by atoms with Crippen molar-refractivity contribution in [1.82, 2.24) is 0 Å². The number of esters is 1. The van der Waals surface area contributed by atoms with Crippen LogP contribution in [0.15, 0.2) is 29.2 Å². The number of hydrogen-bond donors (Lipinski definition) is 2. The van der Waals surface area contributed by atoms with E-state index in [1.165, 1.54) is 39.2 Å². The van der Waals surface area contributed by atoms with Crippen molar-refractivity contribution in [2.45, 2.75) is 45.1 Å². The number of rotatable bonds is 10. The molecule has 0 aliphatic heterocycles. The van der Waals surface area contributed by atoms with Crippen LogP contribution in [0.25, 0.3) is 0 Å². The van der Waals surface area contributed by atoms with Gasteiger partial charge in [-0.25, -0.2) is 4.79 Å². The van der Waals surface area contributed by atoms with Crippen molar-refractivity contribution < 1.29 is 41.5 Å². The lowest BCUT2D eigenvalue weighted by Crippen LogP contribution is -2.26. The number of para-hydroxylation sites is 1. The summed E-state index contributed by atoms with van der Waals surface area (Å²) in [5, 5.41) is 2.37. The summed E-state index contributed by atoms with van der Waals surface area (Å²) in [7, 11) is -3.15. The fourth-order valence-electron chi connectivity index (χ4n) is 2.18. The summed E-state index contributed by atoms with van der Waals surface area (Å²) in [5.74, 6) is -2.17. The van der Waals surface area contributed by atoms with Crippen LogP contribution >= 0.6 is 0 Å². The monoisotopic (exact) mass is 437 g/mol. The van der Waals surface area contributed by atoms with E-state index in [2.05, 4.69) is 5.32 Å². The lowest BCUT2D eigenvalue weighted by atomic mass is 9.97. The zero-order valence-corrected chi connectivity index (χ0v) is 16.5. The molecule has 2 unspecified atom stereocenters. The molecule has 0 spiro atoms. The van der Waals surface area contributed by atoms with E-state index in [1.54, 1.807) is 0 Å². The summed E-state index contributed by atoms with van der Waals surface area (Å²) in [6.07, 6.45) is -0.835. The van der Waals surface area contributed by atoms with Crippen molar-refractivity contribution in [3.8, 4) is 0 Å². The molecule has 29 heavy (non-hydrogen) atoms. The van der Waals surface area contributed by atoms with Crippen molar-refractivity contribution in [2.75, 3.05) is 19.0 Å². The predicted octanol–water partition coefficient (Wildman–Crippen LogP) is 2.22. The number of anilines is 1. The molecule has 0 aromatic heterocycles. The number of nitrogens with one attached hydrogen (secondary N) is 1. The fraction of sp³-hybridized carbons (Fsp3) is 0.500. The highest BCUT2D eigenvalue weighted by atomic mass is 32.2. The van der Waals surface area contributed by atoms with Crippen molar-refractivity contribution >= 4 is 33.5 Å². The van der Waals surface area contributed by atoms with Crippen molar-refractivity contribution in [3.63, 3.8) is 0 Å². The number of amides is 1. The van der Waals surface area contributed by atoms with Crippen molar-refractivity contribution in [1.29, 1.82) is 0 Å². The van der Waals surface area contributed by atoms with Crippen LogP contribution in [0.3, 0.4) is 0 Å². The second-order valence-electron chi connectivity index (χ2n) is 5.87. The van der Waals surface area contributed by atoms with Gasteiger partial charge in [0.2, 0.25) is 5.91 Å². The number of halogens is 1. The molecular formula is C18H28FNO8S. The number of hydrogen-bond acceptors (Lipinski definition) is 7. The largest absolute Gasteiger partial charge is 0.464 e. The van der Waals surface area contributed by atoms with E-state index < -0.39 is 38.9 Å².